The summed E-state index contributed by atoms with van der Waals surface area (Å²) in [7, 11) is 0. The topological polar surface area (TPSA) is 42.0 Å². The molecule has 0 saturated carbocycles. The SMILES string of the molecule is C[C@H](CCCc1cccnc1)NC(=O)/C=C/C=C(c1cccc(F)c1)c1cccc(F)c1. The zero-order chi connectivity index (χ0) is 22.8. The molecule has 0 aliphatic rings. The van der Waals surface area contributed by atoms with Gasteiger partial charge in [0.25, 0.3) is 0 Å². The Morgan fingerprint density at radius 1 is 1.03 bits per heavy atom. The van der Waals surface area contributed by atoms with Crippen molar-refractivity contribution in [2.75, 3.05) is 0 Å². The summed E-state index contributed by atoms with van der Waals surface area (Å²) < 4.78 is 27.5. The fraction of sp³-hybridized carbons (Fsp3) is 0.185. The molecule has 164 valence electrons. The molecule has 3 nitrogen and oxygen atoms in total. The number of hydrogen-bond donors (Lipinski definition) is 1. The Bertz CT molecular complexity index is 1050. The van der Waals surface area contributed by atoms with Crippen LogP contribution in [0.15, 0.2) is 91.3 Å². The lowest BCUT2D eigenvalue weighted by Crippen LogP contribution is -2.31. The van der Waals surface area contributed by atoms with Gasteiger partial charge in [-0.25, -0.2) is 8.78 Å². The maximum absolute atomic E-state index is 13.7. The Balaban J connectivity index is 1.62. The van der Waals surface area contributed by atoms with Gasteiger partial charge in [-0.2, -0.15) is 0 Å². The normalized spacial score (nSPS) is 11.8. The molecule has 0 aliphatic heterocycles. The van der Waals surface area contributed by atoms with Crippen LogP contribution in [0.25, 0.3) is 5.57 Å². The van der Waals surface area contributed by atoms with E-state index in [0.29, 0.717) is 16.7 Å². The molecule has 0 aliphatic carbocycles. The number of carbonyl (C=O) groups is 1. The smallest absolute Gasteiger partial charge is 0.244 e. The molecule has 3 aromatic rings. The van der Waals surface area contributed by atoms with Gasteiger partial charge in [0.15, 0.2) is 0 Å². The third-order valence-electron chi connectivity index (χ3n) is 5.00. The van der Waals surface area contributed by atoms with E-state index in [4.69, 9.17) is 0 Å². The van der Waals surface area contributed by atoms with Gasteiger partial charge < -0.3 is 5.32 Å². The van der Waals surface area contributed by atoms with Crippen LogP contribution < -0.4 is 5.32 Å². The fourth-order valence-corrected chi connectivity index (χ4v) is 3.42. The Hall–Kier alpha value is -3.60. The lowest BCUT2D eigenvalue weighted by molar-refractivity contribution is -0.117. The van der Waals surface area contributed by atoms with Gasteiger partial charge in [0.05, 0.1) is 0 Å². The molecule has 1 amide bonds. The van der Waals surface area contributed by atoms with E-state index in [0.717, 1.165) is 19.3 Å². The molecular weight excluding hydrogens is 406 g/mol. The Morgan fingerprint density at radius 3 is 2.31 bits per heavy atom. The number of halogens is 2. The van der Waals surface area contributed by atoms with Crippen molar-refractivity contribution in [1.82, 2.24) is 10.3 Å². The van der Waals surface area contributed by atoms with Crippen molar-refractivity contribution in [3.63, 3.8) is 0 Å². The van der Waals surface area contributed by atoms with Gasteiger partial charge in [-0.3, -0.25) is 9.78 Å². The molecule has 0 radical (unpaired) electrons. The largest absolute Gasteiger partial charge is 0.350 e. The minimum Gasteiger partial charge on any atom is -0.350 e. The Morgan fingerprint density at radius 2 is 1.72 bits per heavy atom. The molecule has 0 fully saturated rings. The summed E-state index contributed by atoms with van der Waals surface area (Å²) in [5, 5.41) is 2.95. The number of rotatable bonds is 9. The van der Waals surface area contributed by atoms with E-state index in [1.165, 1.54) is 35.9 Å². The maximum Gasteiger partial charge on any atom is 0.244 e. The van der Waals surface area contributed by atoms with Gasteiger partial charge in [0, 0.05) is 24.5 Å². The number of nitrogens with one attached hydrogen (secondary N) is 1. The van der Waals surface area contributed by atoms with E-state index in [-0.39, 0.29) is 23.6 Å². The molecule has 0 bridgehead atoms. The van der Waals surface area contributed by atoms with Crippen molar-refractivity contribution in [2.24, 2.45) is 0 Å². The van der Waals surface area contributed by atoms with Crippen molar-refractivity contribution < 1.29 is 13.6 Å². The Labute approximate surface area is 187 Å². The van der Waals surface area contributed by atoms with Crippen LogP contribution in [-0.2, 0) is 11.2 Å². The summed E-state index contributed by atoms with van der Waals surface area (Å²) in [5.74, 6) is -0.980. The highest BCUT2D eigenvalue weighted by Crippen LogP contribution is 2.24. The first-order chi connectivity index (χ1) is 15.5. The molecule has 2 aromatic carbocycles. The number of benzene rings is 2. The minimum absolute atomic E-state index is 0.0266. The van der Waals surface area contributed by atoms with Crippen molar-refractivity contribution in [1.29, 1.82) is 0 Å². The predicted molar refractivity (Wildman–Crippen MR) is 124 cm³/mol. The van der Waals surface area contributed by atoms with E-state index in [1.807, 2.05) is 25.3 Å². The number of allylic oxidation sites excluding steroid dienone is 2. The van der Waals surface area contributed by atoms with Crippen LogP contribution in [0, 0.1) is 11.6 Å². The van der Waals surface area contributed by atoms with Gasteiger partial charge in [-0.05, 0) is 78.8 Å². The van der Waals surface area contributed by atoms with Crippen LogP contribution in [0.3, 0.4) is 0 Å². The van der Waals surface area contributed by atoms with Gasteiger partial charge in [-0.15, -0.1) is 0 Å². The minimum atomic E-state index is -0.383. The highest BCUT2D eigenvalue weighted by atomic mass is 19.1. The van der Waals surface area contributed by atoms with Crippen molar-refractivity contribution >= 4 is 11.5 Å². The summed E-state index contributed by atoms with van der Waals surface area (Å²) in [5.41, 5.74) is 3.00. The van der Waals surface area contributed by atoms with Crippen LogP contribution >= 0.6 is 0 Å². The first-order valence-electron chi connectivity index (χ1n) is 10.6. The van der Waals surface area contributed by atoms with Gasteiger partial charge in [0.1, 0.15) is 11.6 Å². The standard InChI is InChI=1S/C27H26F2N2O/c1-20(7-2-8-21-9-6-16-30-19-21)31-27(32)15-5-14-26(22-10-3-12-24(28)17-22)23-11-4-13-25(29)18-23/h3-6,9-20H,2,7-8H2,1H3,(H,31,32)/b15-5+/t20-/m1/s1. The predicted octanol–water partition coefficient (Wildman–Crippen LogP) is 5.88. The van der Waals surface area contributed by atoms with Gasteiger partial charge in [-0.1, -0.05) is 42.5 Å². The lowest BCUT2D eigenvalue weighted by Gasteiger charge is -2.12. The second kappa shape index (κ2) is 11.7. The molecule has 0 unspecified atom stereocenters. The summed E-state index contributed by atoms with van der Waals surface area (Å²) in [4.78, 5) is 16.4. The number of aryl methyl sites for hydroxylation is 1. The molecule has 1 N–H and O–H groups in total. The lowest BCUT2D eigenvalue weighted by atomic mass is 9.97. The second-order valence-corrected chi connectivity index (χ2v) is 7.62. The third kappa shape index (κ3) is 7.27. The fourth-order valence-electron chi connectivity index (χ4n) is 3.42. The third-order valence-corrected chi connectivity index (χ3v) is 5.00. The Kier molecular flexibility index (Phi) is 8.44. The molecule has 5 heteroatoms. The number of aromatic nitrogens is 1. The first-order valence-corrected chi connectivity index (χ1v) is 10.6. The number of nitrogens with zero attached hydrogens (tertiary/aromatic N) is 1. The van der Waals surface area contributed by atoms with Crippen LogP contribution in [0.2, 0.25) is 0 Å². The molecule has 1 atom stereocenters. The maximum atomic E-state index is 13.7. The van der Waals surface area contributed by atoms with Gasteiger partial charge >= 0.3 is 0 Å². The molecule has 32 heavy (non-hydrogen) atoms. The molecule has 1 aromatic heterocycles. The molecule has 0 saturated heterocycles. The zero-order valence-corrected chi connectivity index (χ0v) is 18.0. The van der Waals surface area contributed by atoms with Crippen molar-refractivity contribution in [3.8, 4) is 0 Å². The molecule has 0 spiro atoms. The zero-order valence-electron chi connectivity index (χ0n) is 18.0. The van der Waals surface area contributed by atoms with E-state index in [9.17, 15) is 13.6 Å². The monoisotopic (exact) mass is 432 g/mol. The average Bonchev–Trinajstić information content (AvgIpc) is 2.77. The summed E-state index contributed by atoms with van der Waals surface area (Å²) in [6.45, 7) is 1.97. The van der Waals surface area contributed by atoms with Crippen molar-refractivity contribution in [3.05, 3.63) is 120 Å². The van der Waals surface area contributed by atoms with Crippen LogP contribution in [0.1, 0.15) is 36.5 Å². The molecule has 3 rings (SSSR count). The van der Waals surface area contributed by atoms with E-state index >= 15 is 0 Å². The highest BCUT2D eigenvalue weighted by Gasteiger charge is 2.08. The molecule has 1 heterocycles. The van der Waals surface area contributed by atoms with Crippen LogP contribution in [-0.4, -0.2) is 16.9 Å². The quantitative estimate of drug-likeness (QED) is 0.339. The number of hydrogen-bond acceptors (Lipinski definition) is 2. The average molecular weight is 433 g/mol. The number of pyridine rings is 1. The summed E-state index contributed by atoms with van der Waals surface area (Å²) in [6, 6.07) is 16.2. The van der Waals surface area contributed by atoms with Crippen LogP contribution in [0.4, 0.5) is 8.78 Å². The van der Waals surface area contributed by atoms with Crippen molar-refractivity contribution in [2.45, 2.75) is 32.2 Å². The van der Waals surface area contributed by atoms with E-state index in [1.54, 1.807) is 42.6 Å². The second-order valence-electron chi connectivity index (χ2n) is 7.62. The molecular formula is C27H26F2N2O. The van der Waals surface area contributed by atoms with Gasteiger partial charge in [0.2, 0.25) is 5.91 Å². The summed E-state index contributed by atoms with van der Waals surface area (Å²) >= 11 is 0. The van der Waals surface area contributed by atoms with E-state index in [2.05, 4.69) is 10.3 Å². The summed E-state index contributed by atoms with van der Waals surface area (Å²) in [6.07, 6.45) is 11.0. The first kappa shape index (κ1) is 23.1. The van der Waals surface area contributed by atoms with E-state index < -0.39 is 0 Å². The number of amides is 1. The number of carbonyl (C=O) groups excluding carboxylic acids is 1. The van der Waals surface area contributed by atoms with Crippen LogP contribution in [0.5, 0.6) is 0 Å². The highest BCUT2D eigenvalue weighted by molar-refractivity contribution is 5.89.